The molecule has 3 aromatic rings. The minimum absolute atomic E-state index is 0.408. The van der Waals surface area contributed by atoms with Gasteiger partial charge in [0.1, 0.15) is 11.3 Å². The van der Waals surface area contributed by atoms with Gasteiger partial charge in [0.25, 0.3) is 0 Å². The van der Waals surface area contributed by atoms with Crippen molar-refractivity contribution in [3.05, 3.63) is 69.4 Å². The molecule has 0 atom stereocenters. The summed E-state index contributed by atoms with van der Waals surface area (Å²) >= 11 is 5.89. The molecule has 3 nitrogen and oxygen atoms in total. The Bertz CT molecular complexity index is 798. The van der Waals surface area contributed by atoms with Gasteiger partial charge in [-0.05, 0) is 35.9 Å². The Morgan fingerprint density at radius 2 is 2.00 bits per heavy atom. The van der Waals surface area contributed by atoms with E-state index in [9.17, 15) is 4.79 Å². The number of hydrogen-bond acceptors (Lipinski definition) is 3. The minimum atomic E-state index is -0.408. The molecule has 0 spiro atoms. The number of fused-ring (bicyclic) bond motifs is 1. The van der Waals surface area contributed by atoms with E-state index < -0.39 is 5.63 Å². The minimum Gasteiger partial charge on any atom is -0.465 e. The second-order valence-corrected chi connectivity index (χ2v) is 4.45. The fourth-order valence-electron chi connectivity index (χ4n) is 1.86. The SMILES string of the molecule is O=c1cc(/C=C/c2ccco2)c2ccc(Cl)cc2o1. The van der Waals surface area contributed by atoms with Crippen molar-refractivity contribution >= 4 is 34.7 Å². The predicted molar refractivity (Wildman–Crippen MR) is 75.1 cm³/mol. The maximum atomic E-state index is 11.5. The van der Waals surface area contributed by atoms with Gasteiger partial charge in [-0.1, -0.05) is 17.7 Å². The highest BCUT2D eigenvalue weighted by Crippen LogP contribution is 2.22. The van der Waals surface area contributed by atoms with Gasteiger partial charge in [-0.2, -0.15) is 0 Å². The molecule has 0 unspecified atom stereocenters. The Kier molecular flexibility index (Phi) is 2.97. The van der Waals surface area contributed by atoms with Gasteiger partial charge in [-0.25, -0.2) is 4.79 Å². The summed E-state index contributed by atoms with van der Waals surface area (Å²) in [6, 6.07) is 10.3. The summed E-state index contributed by atoms with van der Waals surface area (Å²) in [5, 5.41) is 1.36. The average Bonchev–Trinajstić information content (AvgIpc) is 2.88. The summed E-state index contributed by atoms with van der Waals surface area (Å²) in [4.78, 5) is 11.5. The third kappa shape index (κ3) is 2.46. The molecule has 94 valence electrons. The van der Waals surface area contributed by atoms with Gasteiger partial charge in [-0.15, -0.1) is 0 Å². The van der Waals surface area contributed by atoms with Crippen molar-refractivity contribution < 1.29 is 8.83 Å². The first kappa shape index (κ1) is 11.8. The molecule has 0 aliphatic heterocycles. The molecular formula is C15H9ClO3. The summed E-state index contributed by atoms with van der Waals surface area (Å²) < 4.78 is 10.3. The van der Waals surface area contributed by atoms with Gasteiger partial charge < -0.3 is 8.83 Å². The van der Waals surface area contributed by atoms with E-state index in [1.54, 1.807) is 30.5 Å². The van der Waals surface area contributed by atoms with E-state index in [-0.39, 0.29) is 0 Å². The van der Waals surface area contributed by atoms with E-state index in [4.69, 9.17) is 20.4 Å². The average molecular weight is 273 g/mol. The van der Waals surface area contributed by atoms with Gasteiger partial charge in [0.2, 0.25) is 0 Å². The molecule has 4 heteroatoms. The lowest BCUT2D eigenvalue weighted by Gasteiger charge is -2.00. The van der Waals surface area contributed by atoms with Crippen molar-refractivity contribution in [3.8, 4) is 0 Å². The lowest BCUT2D eigenvalue weighted by Crippen LogP contribution is -1.97. The van der Waals surface area contributed by atoms with Crippen LogP contribution in [0, 0.1) is 0 Å². The Morgan fingerprint density at radius 3 is 2.79 bits per heavy atom. The summed E-state index contributed by atoms with van der Waals surface area (Å²) in [6.07, 6.45) is 5.20. The van der Waals surface area contributed by atoms with Crippen molar-refractivity contribution in [2.75, 3.05) is 0 Å². The second-order valence-electron chi connectivity index (χ2n) is 4.01. The molecule has 1 aromatic carbocycles. The molecule has 0 bridgehead atoms. The molecule has 2 heterocycles. The summed E-state index contributed by atoms with van der Waals surface area (Å²) in [6.45, 7) is 0. The predicted octanol–water partition coefficient (Wildman–Crippen LogP) is 4.21. The first-order chi connectivity index (χ1) is 9.22. The first-order valence-electron chi connectivity index (χ1n) is 5.67. The monoisotopic (exact) mass is 272 g/mol. The molecule has 0 aliphatic rings. The van der Waals surface area contributed by atoms with Crippen LogP contribution in [-0.2, 0) is 0 Å². The highest BCUT2D eigenvalue weighted by Gasteiger charge is 2.04. The molecule has 2 aromatic heterocycles. The van der Waals surface area contributed by atoms with Gasteiger partial charge in [-0.3, -0.25) is 0 Å². The molecule has 3 rings (SSSR count). The van der Waals surface area contributed by atoms with E-state index in [0.717, 1.165) is 16.7 Å². The van der Waals surface area contributed by atoms with Crippen molar-refractivity contribution in [2.24, 2.45) is 0 Å². The zero-order valence-electron chi connectivity index (χ0n) is 9.80. The van der Waals surface area contributed by atoms with E-state index in [1.807, 2.05) is 18.2 Å². The molecule has 0 radical (unpaired) electrons. The van der Waals surface area contributed by atoms with Crippen LogP contribution in [0.4, 0.5) is 0 Å². The van der Waals surface area contributed by atoms with Crippen molar-refractivity contribution in [2.45, 2.75) is 0 Å². The van der Waals surface area contributed by atoms with E-state index >= 15 is 0 Å². The highest BCUT2D eigenvalue weighted by molar-refractivity contribution is 6.31. The largest absolute Gasteiger partial charge is 0.465 e. The van der Waals surface area contributed by atoms with Crippen LogP contribution in [0.3, 0.4) is 0 Å². The molecule has 19 heavy (non-hydrogen) atoms. The molecule has 0 saturated carbocycles. The van der Waals surface area contributed by atoms with Gasteiger partial charge in [0.05, 0.1) is 6.26 Å². The number of hydrogen-bond donors (Lipinski definition) is 0. The lowest BCUT2D eigenvalue weighted by atomic mass is 10.1. The number of furan rings is 1. The number of rotatable bonds is 2. The van der Waals surface area contributed by atoms with Crippen LogP contribution < -0.4 is 5.63 Å². The molecule has 0 saturated heterocycles. The normalized spacial score (nSPS) is 11.4. The summed E-state index contributed by atoms with van der Waals surface area (Å²) in [7, 11) is 0. The van der Waals surface area contributed by atoms with Crippen LogP contribution >= 0.6 is 11.6 Å². The number of benzene rings is 1. The second kappa shape index (κ2) is 4.78. The molecule has 0 N–H and O–H groups in total. The number of halogens is 1. The maximum Gasteiger partial charge on any atom is 0.336 e. The van der Waals surface area contributed by atoms with E-state index in [2.05, 4.69) is 0 Å². The van der Waals surface area contributed by atoms with Crippen molar-refractivity contribution in [3.63, 3.8) is 0 Å². The van der Waals surface area contributed by atoms with Crippen molar-refractivity contribution in [1.82, 2.24) is 0 Å². The lowest BCUT2D eigenvalue weighted by molar-refractivity contribution is 0.557. The summed E-state index contributed by atoms with van der Waals surface area (Å²) in [5.41, 5.74) is 0.826. The fraction of sp³-hybridized carbons (Fsp3) is 0. The zero-order chi connectivity index (χ0) is 13.2. The summed E-state index contributed by atoms with van der Waals surface area (Å²) in [5.74, 6) is 0.718. The van der Waals surface area contributed by atoms with Crippen LogP contribution in [0.5, 0.6) is 0 Å². The van der Waals surface area contributed by atoms with Crippen LogP contribution in [0.25, 0.3) is 23.1 Å². The van der Waals surface area contributed by atoms with Crippen LogP contribution in [0.15, 0.2) is 56.3 Å². The highest BCUT2D eigenvalue weighted by atomic mass is 35.5. The van der Waals surface area contributed by atoms with Crippen LogP contribution in [0.1, 0.15) is 11.3 Å². The van der Waals surface area contributed by atoms with Gasteiger partial charge >= 0.3 is 5.63 Å². The first-order valence-corrected chi connectivity index (χ1v) is 6.05. The van der Waals surface area contributed by atoms with Crippen molar-refractivity contribution in [1.29, 1.82) is 0 Å². The van der Waals surface area contributed by atoms with Gasteiger partial charge in [0, 0.05) is 22.5 Å². The molecule has 0 amide bonds. The van der Waals surface area contributed by atoms with Gasteiger partial charge in [0.15, 0.2) is 0 Å². The van der Waals surface area contributed by atoms with E-state index in [0.29, 0.717) is 10.6 Å². The molecule has 0 aliphatic carbocycles. The maximum absolute atomic E-state index is 11.5. The molecule has 0 fully saturated rings. The molecular weight excluding hydrogens is 264 g/mol. The quantitative estimate of drug-likeness (QED) is 0.656. The Labute approximate surface area is 113 Å². The Hall–Kier alpha value is -2.26. The standard InChI is InChI=1S/C15H9ClO3/c16-11-4-6-13-10(3-5-12-2-1-7-18-12)8-15(17)19-14(13)9-11/h1-9H/b5-3+. The zero-order valence-corrected chi connectivity index (χ0v) is 10.6. The fourth-order valence-corrected chi connectivity index (χ4v) is 2.02. The topological polar surface area (TPSA) is 43.4 Å². The smallest absolute Gasteiger partial charge is 0.336 e. The Balaban J connectivity index is 2.15. The van der Waals surface area contributed by atoms with E-state index in [1.165, 1.54) is 6.07 Å². The Morgan fingerprint density at radius 1 is 1.11 bits per heavy atom. The third-order valence-electron chi connectivity index (χ3n) is 2.71. The third-order valence-corrected chi connectivity index (χ3v) is 2.94. The van der Waals surface area contributed by atoms with Crippen LogP contribution in [-0.4, -0.2) is 0 Å². The van der Waals surface area contributed by atoms with Crippen LogP contribution in [0.2, 0.25) is 5.02 Å².